The van der Waals surface area contributed by atoms with Crippen LogP contribution in [0.3, 0.4) is 0 Å². The fraction of sp³-hybridized carbons (Fsp3) is 0.917. The van der Waals surface area contributed by atoms with E-state index in [9.17, 15) is 4.79 Å². The lowest BCUT2D eigenvalue weighted by Gasteiger charge is -2.21. The van der Waals surface area contributed by atoms with Crippen molar-refractivity contribution in [3.05, 3.63) is 0 Å². The largest absolute Gasteiger partial charge is 0.345 e. The van der Waals surface area contributed by atoms with Crippen LogP contribution in [0.5, 0.6) is 0 Å². The fourth-order valence-corrected chi connectivity index (χ4v) is 1.74. The number of amides is 1. The number of thioether (sulfide) groups is 1. The van der Waals surface area contributed by atoms with E-state index in [0.29, 0.717) is 11.7 Å². The van der Waals surface area contributed by atoms with Crippen molar-refractivity contribution in [3.8, 4) is 0 Å². The lowest BCUT2D eigenvalue weighted by molar-refractivity contribution is -0.127. The van der Waals surface area contributed by atoms with Crippen molar-refractivity contribution in [3.63, 3.8) is 0 Å². The van der Waals surface area contributed by atoms with E-state index in [2.05, 4.69) is 34.6 Å². The van der Waals surface area contributed by atoms with Crippen LogP contribution in [0.15, 0.2) is 0 Å². The topological polar surface area (TPSA) is 20.3 Å². The summed E-state index contributed by atoms with van der Waals surface area (Å²) >= 11 is 1.71. The number of carbonyl (C=O) groups excluding carboxylic acids is 1. The van der Waals surface area contributed by atoms with Gasteiger partial charge in [-0.05, 0) is 12.3 Å². The number of hydrogen-bond donors (Lipinski definition) is 0. The van der Waals surface area contributed by atoms with Gasteiger partial charge in [-0.2, -0.15) is 0 Å². The lowest BCUT2D eigenvalue weighted by Crippen LogP contribution is -2.31. The van der Waals surface area contributed by atoms with Crippen LogP contribution >= 0.6 is 11.8 Å². The standard InChI is InChI=1S/C12H25NOS/c1-10(2)7-8-13(6)11(14)9-15-12(3,4)5/h10H,7-9H2,1-6H3. The van der Waals surface area contributed by atoms with E-state index >= 15 is 0 Å². The molecule has 0 atom stereocenters. The molecule has 0 unspecified atom stereocenters. The minimum Gasteiger partial charge on any atom is -0.345 e. The maximum Gasteiger partial charge on any atom is 0.232 e. The van der Waals surface area contributed by atoms with Gasteiger partial charge in [0.15, 0.2) is 0 Å². The van der Waals surface area contributed by atoms with E-state index in [0.717, 1.165) is 13.0 Å². The second-order valence-corrected chi connectivity index (χ2v) is 7.20. The summed E-state index contributed by atoms with van der Waals surface area (Å²) in [5.41, 5.74) is 0. The molecule has 0 N–H and O–H groups in total. The van der Waals surface area contributed by atoms with Crippen LogP contribution in [0.4, 0.5) is 0 Å². The second kappa shape index (κ2) is 6.41. The normalized spacial score (nSPS) is 11.9. The zero-order valence-electron chi connectivity index (χ0n) is 11.0. The van der Waals surface area contributed by atoms with Crippen LogP contribution < -0.4 is 0 Å². The van der Waals surface area contributed by atoms with Crippen LogP contribution in [0.25, 0.3) is 0 Å². The summed E-state index contributed by atoms with van der Waals surface area (Å²) in [6, 6.07) is 0. The van der Waals surface area contributed by atoms with Gasteiger partial charge in [0.25, 0.3) is 0 Å². The third-order valence-electron chi connectivity index (χ3n) is 2.10. The Kier molecular flexibility index (Phi) is 6.34. The van der Waals surface area contributed by atoms with Gasteiger partial charge in [0, 0.05) is 18.3 Å². The van der Waals surface area contributed by atoms with Crippen molar-refractivity contribution < 1.29 is 4.79 Å². The Bertz CT molecular complexity index is 196. The summed E-state index contributed by atoms with van der Waals surface area (Å²) in [5, 5.41) is 0. The molecule has 0 saturated heterocycles. The van der Waals surface area contributed by atoms with Crippen molar-refractivity contribution in [2.75, 3.05) is 19.3 Å². The number of carbonyl (C=O) groups is 1. The number of hydrogen-bond acceptors (Lipinski definition) is 2. The van der Waals surface area contributed by atoms with Crippen molar-refractivity contribution in [1.82, 2.24) is 4.90 Å². The summed E-state index contributed by atoms with van der Waals surface area (Å²) in [6.45, 7) is 11.7. The van der Waals surface area contributed by atoms with Crippen LogP contribution in [-0.2, 0) is 4.79 Å². The first-order valence-electron chi connectivity index (χ1n) is 5.60. The van der Waals surface area contributed by atoms with E-state index in [1.807, 2.05) is 11.9 Å². The molecule has 0 aromatic rings. The zero-order valence-corrected chi connectivity index (χ0v) is 11.8. The van der Waals surface area contributed by atoms with Crippen LogP contribution in [-0.4, -0.2) is 34.9 Å². The zero-order chi connectivity index (χ0) is 12.1. The van der Waals surface area contributed by atoms with E-state index in [1.165, 1.54) is 0 Å². The maximum absolute atomic E-state index is 11.7. The Morgan fingerprint density at radius 2 is 1.87 bits per heavy atom. The average molecular weight is 231 g/mol. The summed E-state index contributed by atoms with van der Waals surface area (Å²) in [4.78, 5) is 13.6. The molecule has 0 aromatic carbocycles. The molecule has 90 valence electrons. The Labute approximate surface area is 98.8 Å². The van der Waals surface area contributed by atoms with Crippen molar-refractivity contribution >= 4 is 17.7 Å². The summed E-state index contributed by atoms with van der Waals surface area (Å²) in [6.07, 6.45) is 1.09. The Balaban J connectivity index is 3.80. The highest BCUT2D eigenvalue weighted by Crippen LogP contribution is 2.23. The molecule has 0 aliphatic rings. The van der Waals surface area contributed by atoms with Gasteiger partial charge < -0.3 is 4.90 Å². The molecular weight excluding hydrogens is 206 g/mol. The van der Waals surface area contributed by atoms with Crippen LogP contribution in [0.2, 0.25) is 0 Å². The molecule has 0 aliphatic carbocycles. The Morgan fingerprint density at radius 1 is 1.33 bits per heavy atom. The number of nitrogens with zero attached hydrogens (tertiary/aromatic N) is 1. The Morgan fingerprint density at radius 3 is 2.27 bits per heavy atom. The first-order chi connectivity index (χ1) is 6.72. The molecule has 3 heteroatoms. The van der Waals surface area contributed by atoms with Gasteiger partial charge >= 0.3 is 0 Å². The highest BCUT2D eigenvalue weighted by Gasteiger charge is 2.15. The van der Waals surface area contributed by atoms with Crippen molar-refractivity contribution in [1.29, 1.82) is 0 Å². The second-order valence-electron chi connectivity index (χ2n) is 5.40. The molecule has 0 aliphatic heterocycles. The summed E-state index contributed by atoms with van der Waals surface area (Å²) in [5.74, 6) is 1.50. The molecule has 15 heavy (non-hydrogen) atoms. The molecule has 0 rings (SSSR count). The fourth-order valence-electron chi connectivity index (χ4n) is 0.965. The smallest absolute Gasteiger partial charge is 0.232 e. The SMILES string of the molecule is CC(C)CCN(C)C(=O)CSC(C)(C)C. The Hall–Kier alpha value is -0.180. The minimum absolute atomic E-state index is 0.175. The number of rotatable bonds is 5. The van der Waals surface area contributed by atoms with Gasteiger partial charge in [-0.1, -0.05) is 34.6 Å². The average Bonchev–Trinajstić information content (AvgIpc) is 2.08. The summed E-state index contributed by atoms with van der Waals surface area (Å²) in [7, 11) is 1.90. The molecule has 0 saturated carbocycles. The molecule has 1 amide bonds. The van der Waals surface area contributed by atoms with E-state index in [-0.39, 0.29) is 10.7 Å². The van der Waals surface area contributed by atoms with Crippen molar-refractivity contribution in [2.24, 2.45) is 5.92 Å². The molecule has 0 radical (unpaired) electrons. The third kappa shape index (κ3) is 8.79. The van der Waals surface area contributed by atoms with Gasteiger partial charge in [-0.25, -0.2) is 0 Å². The molecule has 0 bridgehead atoms. The molecule has 0 heterocycles. The molecule has 0 fully saturated rings. The van der Waals surface area contributed by atoms with Crippen molar-refractivity contribution in [2.45, 2.75) is 45.8 Å². The molecule has 0 aromatic heterocycles. The van der Waals surface area contributed by atoms with Crippen LogP contribution in [0, 0.1) is 5.92 Å². The predicted octanol–water partition coefficient (Wildman–Crippen LogP) is 3.02. The lowest BCUT2D eigenvalue weighted by atomic mass is 10.1. The van der Waals surface area contributed by atoms with Gasteiger partial charge in [-0.3, -0.25) is 4.79 Å². The van der Waals surface area contributed by atoms with Gasteiger partial charge in [-0.15, -0.1) is 11.8 Å². The molecule has 0 spiro atoms. The van der Waals surface area contributed by atoms with E-state index < -0.39 is 0 Å². The molecular formula is C12H25NOS. The van der Waals surface area contributed by atoms with Gasteiger partial charge in [0.05, 0.1) is 5.75 Å². The monoisotopic (exact) mass is 231 g/mol. The maximum atomic E-state index is 11.7. The highest BCUT2D eigenvalue weighted by molar-refractivity contribution is 8.01. The van der Waals surface area contributed by atoms with Crippen LogP contribution in [0.1, 0.15) is 41.0 Å². The first kappa shape index (κ1) is 14.8. The molecule has 2 nitrogen and oxygen atoms in total. The van der Waals surface area contributed by atoms with E-state index in [4.69, 9.17) is 0 Å². The minimum atomic E-state index is 0.175. The quantitative estimate of drug-likeness (QED) is 0.725. The van der Waals surface area contributed by atoms with Gasteiger partial charge in [0.2, 0.25) is 5.91 Å². The highest BCUT2D eigenvalue weighted by atomic mass is 32.2. The first-order valence-corrected chi connectivity index (χ1v) is 6.59. The van der Waals surface area contributed by atoms with E-state index in [1.54, 1.807) is 11.8 Å². The predicted molar refractivity (Wildman–Crippen MR) is 69.3 cm³/mol. The third-order valence-corrected chi connectivity index (χ3v) is 3.35. The van der Waals surface area contributed by atoms with Gasteiger partial charge in [0.1, 0.15) is 0 Å². The summed E-state index contributed by atoms with van der Waals surface area (Å²) < 4.78 is 0.175.